The lowest BCUT2D eigenvalue weighted by Crippen LogP contribution is -2.15. The van der Waals surface area contributed by atoms with Crippen molar-refractivity contribution >= 4 is 5.78 Å². The van der Waals surface area contributed by atoms with E-state index >= 15 is 0 Å². The first-order valence-corrected chi connectivity index (χ1v) is 8.71. The summed E-state index contributed by atoms with van der Waals surface area (Å²) in [6.07, 6.45) is 3.51. The van der Waals surface area contributed by atoms with Crippen LogP contribution in [0.4, 0.5) is 0 Å². The molecule has 23 heavy (non-hydrogen) atoms. The number of hydrogen-bond acceptors (Lipinski definition) is 2. The topological polar surface area (TPSA) is 34.9 Å². The van der Waals surface area contributed by atoms with Crippen LogP contribution in [0.2, 0.25) is 0 Å². The summed E-state index contributed by atoms with van der Waals surface area (Å²) in [5, 5.41) is 4.82. The average Bonchev–Trinajstić information content (AvgIpc) is 2.87. The molecule has 2 aromatic rings. The second-order valence-corrected chi connectivity index (χ2v) is 7.31. The molecule has 0 saturated heterocycles. The molecule has 0 unspecified atom stereocenters. The average molecular weight is 310 g/mol. The van der Waals surface area contributed by atoms with E-state index in [9.17, 15) is 4.79 Å². The minimum Gasteiger partial charge on any atom is -0.292 e. The van der Waals surface area contributed by atoms with Crippen LogP contribution in [-0.4, -0.2) is 15.6 Å². The number of Topliss-reactive ketones (excluding diaryl/α,β-unsaturated/α-hetero) is 1. The van der Waals surface area contributed by atoms with Crippen molar-refractivity contribution in [2.45, 2.75) is 59.3 Å². The van der Waals surface area contributed by atoms with Crippen molar-refractivity contribution in [3.8, 4) is 5.69 Å². The number of hydrogen-bond donors (Lipinski definition) is 0. The van der Waals surface area contributed by atoms with Gasteiger partial charge in [0, 0.05) is 12.0 Å². The molecule has 1 aliphatic carbocycles. The molecule has 3 heteroatoms. The van der Waals surface area contributed by atoms with Crippen LogP contribution < -0.4 is 0 Å². The van der Waals surface area contributed by atoms with Crippen molar-refractivity contribution in [1.82, 2.24) is 9.78 Å². The first-order chi connectivity index (χ1) is 11.0. The highest BCUT2D eigenvalue weighted by Gasteiger charge is 2.27. The third-order valence-electron chi connectivity index (χ3n) is 4.57. The van der Waals surface area contributed by atoms with Crippen LogP contribution in [0.25, 0.3) is 5.69 Å². The standard InChI is InChI=1S/C20H26N2O/c1-13(2)12-18-17-6-5-7-19(23)20(17)22(21-18)16-10-8-15(9-11-16)14(3)4/h8-11,13-14H,5-7,12H2,1-4H3. The van der Waals surface area contributed by atoms with Crippen LogP contribution >= 0.6 is 0 Å². The summed E-state index contributed by atoms with van der Waals surface area (Å²) in [6, 6.07) is 8.46. The van der Waals surface area contributed by atoms with Gasteiger partial charge in [0.15, 0.2) is 5.78 Å². The van der Waals surface area contributed by atoms with Gasteiger partial charge in [-0.3, -0.25) is 4.79 Å². The zero-order chi connectivity index (χ0) is 16.6. The maximum atomic E-state index is 12.5. The summed E-state index contributed by atoms with van der Waals surface area (Å²) in [5.74, 6) is 1.29. The molecule has 0 radical (unpaired) electrons. The summed E-state index contributed by atoms with van der Waals surface area (Å²) < 4.78 is 1.89. The fraction of sp³-hybridized carbons (Fsp3) is 0.500. The number of benzene rings is 1. The van der Waals surface area contributed by atoms with Gasteiger partial charge in [0.1, 0.15) is 5.69 Å². The van der Waals surface area contributed by atoms with Crippen molar-refractivity contribution in [1.29, 1.82) is 0 Å². The Morgan fingerprint density at radius 2 is 1.78 bits per heavy atom. The van der Waals surface area contributed by atoms with E-state index < -0.39 is 0 Å². The summed E-state index contributed by atoms with van der Waals surface area (Å²) in [6.45, 7) is 8.78. The summed E-state index contributed by atoms with van der Waals surface area (Å²) in [5.41, 5.74) is 5.42. The minimum absolute atomic E-state index is 0.238. The van der Waals surface area contributed by atoms with Gasteiger partial charge < -0.3 is 0 Å². The quantitative estimate of drug-likeness (QED) is 0.819. The number of ketones is 1. The first kappa shape index (κ1) is 16.0. The number of aromatic nitrogens is 2. The normalized spacial score (nSPS) is 14.6. The van der Waals surface area contributed by atoms with Gasteiger partial charge in [0.05, 0.1) is 11.4 Å². The molecule has 1 aliphatic rings. The molecule has 0 aliphatic heterocycles. The van der Waals surface area contributed by atoms with E-state index in [1.807, 2.05) is 4.68 Å². The predicted octanol–water partition coefficient (Wildman–Crippen LogP) is 4.71. The van der Waals surface area contributed by atoms with Gasteiger partial charge in [-0.2, -0.15) is 5.10 Å². The Hall–Kier alpha value is -1.90. The van der Waals surface area contributed by atoms with Crippen LogP contribution in [-0.2, 0) is 12.8 Å². The predicted molar refractivity (Wildman–Crippen MR) is 93.5 cm³/mol. The van der Waals surface area contributed by atoms with Crippen LogP contribution in [0.5, 0.6) is 0 Å². The Morgan fingerprint density at radius 1 is 1.09 bits per heavy atom. The van der Waals surface area contributed by atoms with Gasteiger partial charge in [-0.15, -0.1) is 0 Å². The van der Waals surface area contributed by atoms with Gasteiger partial charge in [0.25, 0.3) is 0 Å². The van der Waals surface area contributed by atoms with Gasteiger partial charge >= 0.3 is 0 Å². The first-order valence-electron chi connectivity index (χ1n) is 8.71. The third kappa shape index (κ3) is 3.10. The Balaban J connectivity index is 2.07. The van der Waals surface area contributed by atoms with Crippen LogP contribution in [0, 0.1) is 5.92 Å². The van der Waals surface area contributed by atoms with Crippen molar-refractivity contribution in [2.24, 2.45) is 5.92 Å². The van der Waals surface area contributed by atoms with E-state index in [1.54, 1.807) is 0 Å². The molecule has 0 N–H and O–H groups in total. The molecule has 1 aromatic carbocycles. The zero-order valence-electron chi connectivity index (χ0n) is 14.6. The van der Waals surface area contributed by atoms with E-state index in [0.717, 1.165) is 36.3 Å². The van der Waals surface area contributed by atoms with Crippen LogP contribution in [0.1, 0.15) is 73.8 Å². The monoisotopic (exact) mass is 310 g/mol. The van der Waals surface area contributed by atoms with Crippen molar-refractivity contribution < 1.29 is 4.79 Å². The zero-order valence-corrected chi connectivity index (χ0v) is 14.6. The molecule has 0 fully saturated rings. The fourth-order valence-corrected chi connectivity index (χ4v) is 3.33. The molecular formula is C20H26N2O. The van der Waals surface area contributed by atoms with Gasteiger partial charge in [-0.05, 0) is 48.8 Å². The molecule has 3 nitrogen and oxygen atoms in total. The molecule has 1 heterocycles. The van der Waals surface area contributed by atoms with Gasteiger partial charge in [-0.25, -0.2) is 4.68 Å². The molecule has 0 spiro atoms. The second-order valence-electron chi connectivity index (χ2n) is 7.31. The molecule has 0 saturated carbocycles. The Labute approximate surface area is 138 Å². The van der Waals surface area contributed by atoms with Crippen LogP contribution in [0.15, 0.2) is 24.3 Å². The van der Waals surface area contributed by atoms with Crippen LogP contribution in [0.3, 0.4) is 0 Å². The SMILES string of the molecule is CC(C)Cc1nn(-c2ccc(C(C)C)cc2)c2c1CCCC2=O. The number of carbonyl (C=O) groups is 1. The highest BCUT2D eigenvalue weighted by molar-refractivity contribution is 5.97. The molecule has 3 rings (SSSR count). The Bertz CT molecular complexity index is 708. The maximum absolute atomic E-state index is 12.5. The van der Waals surface area contributed by atoms with Crippen molar-refractivity contribution in [3.05, 3.63) is 46.8 Å². The van der Waals surface area contributed by atoms with E-state index in [-0.39, 0.29) is 5.78 Å². The largest absolute Gasteiger partial charge is 0.292 e. The lowest BCUT2D eigenvalue weighted by atomic mass is 9.92. The number of rotatable bonds is 4. The number of fused-ring (bicyclic) bond motifs is 1. The smallest absolute Gasteiger partial charge is 0.181 e. The molecule has 122 valence electrons. The van der Waals surface area contributed by atoms with Crippen molar-refractivity contribution in [2.75, 3.05) is 0 Å². The molecular weight excluding hydrogens is 284 g/mol. The van der Waals surface area contributed by atoms with Gasteiger partial charge in [-0.1, -0.05) is 39.8 Å². The van der Waals surface area contributed by atoms with E-state index in [1.165, 1.54) is 11.1 Å². The maximum Gasteiger partial charge on any atom is 0.181 e. The molecule has 0 amide bonds. The van der Waals surface area contributed by atoms with Gasteiger partial charge in [0.2, 0.25) is 0 Å². The second kappa shape index (κ2) is 6.31. The van der Waals surface area contributed by atoms with Crippen molar-refractivity contribution in [3.63, 3.8) is 0 Å². The highest BCUT2D eigenvalue weighted by Crippen LogP contribution is 2.29. The molecule has 0 atom stereocenters. The third-order valence-corrected chi connectivity index (χ3v) is 4.57. The Kier molecular flexibility index (Phi) is 4.38. The summed E-state index contributed by atoms with van der Waals surface area (Å²) in [7, 11) is 0. The molecule has 1 aromatic heterocycles. The Morgan fingerprint density at radius 3 is 2.39 bits per heavy atom. The number of carbonyl (C=O) groups excluding carboxylic acids is 1. The summed E-state index contributed by atoms with van der Waals surface area (Å²) >= 11 is 0. The summed E-state index contributed by atoms with van der Waals surface area (Å²) in [4.78, 5) is 12.5. The van der Waals surface area contributed by atoms with E-state index in [2.05, 4.69) is 52.0 Å². The molecule has 0 bridgehead atoms. The number of nitrogens with zero attached hydrogens (tertiary/aromatic N) is 2. The van der Waals surface area contributed by atoms with E-state index in [0.29, 0.717) is 18.3 Å². The fourth-order valence-electron chi connectivity index (χ4n) is 3.33. The lowest BCUT2D eigenvalue weighted by molar-refractivity contribution is 0.0964. The minimum atomic E-state index is 0.238. The lowest BCUT2D eigenvalue weighted by Gasteiger charge is -2.14. The highest BCUT2D eigenvalue weighted by atomic mass is 16.1. The van der Waals surface area contributed by atoms with E-state index in [4.69, 9.17) is 5.10 Å².